The van der Waals surface area contributed by atoms with Crippen molar-refractivity contribution in [1.82, 2.24) is 10.2 Å². The number of ether oxygens (including phenoxy) is 1. The number of rotatable bonds is 1. The Bertz CT molecular complexity index is 257. The molecule has 1 unspecified atom stereocenters. The molecule has 64 valence electrons. The van der Waals surface area contributed by atoms with Crippen molar-refractivity contribution < 1.29 is 4.74 Å². The Hall–Kier alpha value is -1.38. The van der Waals surface area contributed by atoms with Crippen LogP contribution in [0.5, 0.6) is 0 Å². The van der Waals surface area contributed by atoms with E-state index in [0.717, 1.165) is 0 Å². The van der Waals surface area contributed by atoms with Gasteiger partial charge in [0.05, 0.1) is 0 Å². The molecular weight excluding hydrogens is 152 g/mol. The molecule has 2 aliphatic heterocycles. The average Bonchev–Trinajstić information content (AvgIpc) is 2.58. The van der Waals surface area contributed by atoms with Crippen molar-refractivity contribution in [3.8, 4) is 0 Å². The van der Waals surface area contributed by atoms with Crippen LogP contribution < -0.4 is 5.32 Å². The molecule has 2 heterocycles. The van der Waals surface area contributed by atoms with Crippen LogP contribution in [0, 0.1) is 0 Å². The minimum atomic E-state index is -0.137. The van der Waals surface area contributed by atoms with Gasteiger partial charge in [-0.3, -0.25) is 0 Å². The van der Waals surface area contributed by atoms with E-state index in [9.17, 15) is 0 Å². The monoisotopic (exact) mass is 164 g/mol. The predicted octanol–water partition coefficient (Wildman–Crippen LogP) is 1.14. The maximum absolute atomic E-state index is 5.12. The fraction of sp³-hybridized carbons (Fsp3) is 0.333. The van der Waals surface area contributed by atoms with E-state index in [1.54, 1.807) is 6.26 Å². The fourth-order valence-corrected chi connectivity index (χ4v) is 1.31. The molecule has 1 atom stereocenters. The molecule has 0 aliphatic carbocycles. The highest BCUT2D eigenvalue weighted by molar-refractivity contribution is 5.18. The SMILES string of the molecule is CC1(N2C=COC2)C=CC=CN1. The van der Waals surface area contributed by atoms with Crippen LogP contribution in [0.15, 0.2) is 36.9 Å². The first-order valence-corrected chi connectivity index (χ1v) is 3.98. The average molecular weight is 164 g/mol. The van der Waals surface area contributed by atoms with Crippen molar-refractivity contribution in [2.24, 2.45) is 0 Å². The maximum Gasteiger partial charge on any atom is 0.162 e. The molecule has 12 heavy (non-hydrogen) atoms. The minimum absolute atomic E-state index is 0.137. The Morgan fingerprint density at radius 3 is 3.00 bits per heavy atom. The van der Waals surface area contributed by atoms with Crippen LogP contribution in [0.2, 0.25) is 0 Å². The van der Waals surface area contributed by atoms with E-state index in [-0.39, 0.29) is 5.66 Å². The van der Waals surface area contributed by atoms with E-state index in [1.807, 2.05) is 24.6 Å². The second-order valence-corrected chi connectivity index (χ2v) is 3.06. The van der Waals surface area contributed by atoms with Gasteiger partial charge in [0, 0.05) is 6.20 Å². The van der Waals surface area contributed by atoms with Crippen molar-refractivity contribution >= 4 is 0 Å². The maximum atomic E-state index is 5.12. The standard InChI is InChI=1S/C9H12N2O/c1-9(4-2-3-5-10-9)11-6-7-12-8-11/h2-7,10H,8H2,1H3. The lowest BCUT2D eigenvalue weighted by atomic mass is 10.1. The first-order valence-electron chi connectivity index (χ1n) is 3.98. The van der Waals surface area contributed by atoms with E-state index in [0.29, 0.717) is 6.73 Å². The van der Waals surface area contributed by atoms with Crippen molar-refractivity contribution in [2.45, 2.75) is 12.6 Å². The number of hydrogen-bond donors (Lipinski definition) is 1. The molecule has 0 fully saturated rings. The molecule has 0 saturated carbocycles. The summed E-state index contributed by atoms with van der Waals surface area (Å²) < 4.78 is 5.12. The Balaban J connectivity index is 2.15. The summed E-state index contributed by atoms with van der Waals surface area (Å²) in [5.74, 6) is 0. The lowest BCUT2D eigenvalue weighted by Gasteiger charge is -2.36. The van der Waals surface area contributed by atoms with Gasteiger partial charge in [0.15, 0.2) is 6.73 Å². The first kappa shape index (κ1) is 7.28. The van der Waals surface area contributed by atoms with E-state index in [1.165, 1.54) is 0 Å². The number of dihydropyridines is 1. The summed E-state index contributed by atoms with van der Waals surface area (Å²) in [6.07, 6.45) is 11.7. The smallest absolute Gasteiger partial charge is 0.162 e. The quantitative estimate of drug-likeness (QED) is 0.629. The highest BCUT2D eigenvalue weighted by Crippen LogP contribution is 2.19. The van der Waals surface area contributed by atoms with Gasteiger partial charge in [-0.25, -0.2) is 0 Å². The van der Waals surface area contributed by atoms with Gasteiger partial charge in [-0.2, -0.15) is 0 Å². The largest absolute Gasteiger partial charge is 0.479 e. The minimum Gasteiger partial charge on any atom is -0.479 e. The third-order valence-corrected chi connectivity index (χ3v) is 2.15. The zero-order valence-electron chi connectivity index (χ0n) is 7.03. The third kappa shape index (κ3) is 1.07. The fourth-order valence-electron chi connectivity index (χ4n) is 1.31. The Morgan fingerprint density at radius 1 is 1.50 bits per heavy atom. The molecule has 0 radical (unpaired) electrons. The summed E-state index contributed by atoms with van der Waals surface area (Å²) in [6.45, 7) is 2.72. The second-order valence-electron chi connectivity index (χ2n) is 3.06. The van der Waals surface area contributed by atoms with Crippen molar-refractivity contribution in [3.63, 3.8) is 0 Å². The molecule has 0 bridgehead atoms. The lowest BCUT2D eigenvalue weighted by molar-refractivity contribution is 0.0962. The van der Waals surface area contributed by atoms with E-state index < -0.39 is 0 Å². The van der Waals surface area contributed by atoms with Crippen molar-refractivity contribution in [2.75, 3.05) is 6.73 Å². The predicted molar refractivity (Wildman–Crippen MR) is 46.8 cm³/mol. The van der Waals surface area contributed by atoms with Gasteiger partial charge in [0.1, 0.15) is 11.9 Å². The van der Waals surface area contributed by atoms with Gasteiger partial charge in [-0.05, 0) is 25.3 Å². The zero-order chi connectivity index (χ0) is 8.44. The normalized spacial score (nSPS) is 31.9. The van der Waals surface area contributed by atoms with Gasteiger partial charge in [0.2, 0.25) is 0 Å². The summed E-state index contributed by atoms with van der Waals surface area (Å²) in [4.78, 5) is 2.09. The van der Waals surface area contributed by atoms with Crippen LogP contribution in [0.3, 0.4) is 0 Å². The van der Waals surface area contributed by atoms with Crippen LogP contribution in [-0.4, -0.2) is 17.3 Å². The summed E-state index contributed by atoms with van der Waals surface area (Å²) in [5, 5.41) is 3.26. The molecule has 0 aromatic heterocycles. The van der Waals surface area contributed by atoms with Gasteiger partial charge >= 0.3 is 0 Å². The van der Waals surface area contributed by atoms with E-state index in [2.05, 4.69) is 23.2 Å². The highest BCUT2D eigenvalue weighted by atomic mass is 16.5. The number of nitrogens with zero attached hydrogens (tertiary/aromatic N) is 1. The highest BCUT2D eigenvalue weighted by Gasteiger charge is 2.28. The molecule has 2 aliphatic rings. The molecule has 0 spiro atoms. The Morgan fingerprint density at radius 2 is 2.42 bits per heavy atom. The molecule has 0 aromatic carbocycles. The molecule has 2 rings (SSSR count). The van der Waals surface area contributed by atoms with Crippen LogP contribution in [0.4, 0.5) is 0 Å². The van der Waals surface area contributed by atoms with E-state index >= 15 is 0 Å². The molecule has 3 heteroatoms. The van der Waals surface area contributed by atoms with Crippen molar-refractivity contribution in [3.05, 3.63) is 36.9 Å². The topological polar surface area (TPSA) is 24.5 Å². The van der Waals surface area contributed by atoms with Crippen LogP contribution in [0.1, 0.15) is 6.92 Å². The Kier molecular flexibility index (Phi) is 1.57. The molecule has 3 nitrogen and oxygen atoms in total. The zero-order valence-corrected chi connectivity index (χ0v) is 7.03. The molecule has 0 amide bonds. The molecule has 0 aromatic rings. The van der Waals surface area contributed by atoms with Gasteiger partial charge in [-0.15, -0.1) is 0 Å². The summed E-state index contributed by atoms with van der Waals surface area (Å²) in [5.41, 5.74) is -0.137. The summed E-state index contributed by atoms with van der Waals surface area (Å²) in [7, 11) is 0. The number of allylic oxidation sites excluding steroid dienone is 2. The molecule has 1 N–H and O–H groups in total. The van der Waals surface area contributed by atoms with Crippen LogP contribution >= 0.6 is 0 Å². The summed E-state index contributed by atoms with van der Waals surface area (Å²) >= 11 is 0. The van der Waals surface area contributed by atoms with Crippen LogP contribution in [0.25, 0.3) is 0 Å². The molecular formula is C9H12N2O. The number of nitrogens with one attached hydrogen (secondary N) is 1. The lowest BCUT2D eigenvalue weighted by Crippen LogP contribution is -2.51. The third-order valence-electron chi connectivity index (χ3n) is 2.15. The van der Waals surface area contributed by atoms with E-state index in [4.69, 9.17) is 4.74 Å². The Labute approximate surface area is 72.0 Å². The summed E-state index contributed by atoms with van der Waals surface area (Å²) in [6, 6.07) is 0. The molecule has 0 saturated heterocycles. The van der Waals surface area contributed by atoms with Crippen LogP contribution in [-0.2, 0) is 4.74 Å². The second kappa shape index (κ2) is 2.59. The number of hydrogen-bond acceptors (Lipinski definition) is 3. The first-order chi connectivity index (χ1) is 5.81. The van der Waals surface area contributed by atoms with Gasteiger partial charge in [0.25, 0.3) is 0 Å². The van der Waals surface area contributed by atoms with Gasteiger partial charge < -0.3 is 15.0 Å². The van der Waals surface area contributed by atoms with Gasteiger partial charge in [-0.1, -0.05) is 6.08 Å². The van der Waals surface area contributed by atoms with Crippen molar-refractivity contribution in [1.29, 1.82) is 0 Å².